The molecule has 0 aromatic rings. The molecule has 1 rings (SSSR count). The molecule has 1 heterocycles. The van der Waals surface area contributed by atoms with Crippen LogP contribution in [0.3, 0.4) is 0 Å². The van der Waals surface area contributed by atoms with Gasteiger partial charge in [0.2, 0.25) is 0 Å². The van der Waals surface area contributed by atoms with Crippen LogP contribution in [0.2, 0.25) is 0 Å². The first kappa shape index (κ1) is 10.3. The summed E-state index contributed by atoms with van der Waals surface area (Å²) in [5, 5.41) is 3.18. The second kappa shape index (κ2) is 3.92. The van der Waals surface area contributed by atoms with E-state index in [-0.39, 0.29) is 11.6 Å². The Balaban J connectivity index is 2.32. The van der Waals surface area contributed by atoms with Gasteiger partial charge in [0.15, 0.2) is 6.23 Å². The summed E-state index contributed by atoms with van der Waals surface area (Å²) in [6, 6.07) is 0. The number of hydrogen-bond acceptors (Lipinski definition) is 3. The van der Waals surface area contributed by atoms with Gasteiger partial charge in [0, 0.05) is 11.9 Å². The van der Waals surface area contributed by atoms with E-state index in [0.717, 1.165) is 12.3 Å². The summed E-state index contributed by atoms with van der Waals surface area (Å²) >= 11 is 0. The number of aliphatic imine (C=N–C) groups is 1. The normalized spacial score (nSPS) is 22.5. The number of nitrogens with zero attached hydrogens (tertiary/aromatic N) is 1. The Bertz CT molecular complexity index is 226. The second-order valence-electron chi connectivity index (χ2n) is 4.55. The monoisotopic (exact) mass is 182 g/mol. The molecule has 0 bridgehead atoms. The van der Waals surface area contributed by atoms with E-state index >= 15 is 0 Å². The van der Waals surface area contributed by atoms with Gasteiger partial charge in [0.1, 0.15) is 0 Å². The highest BCUT2D eigenvalue weighted by molar-refractivity contribution is 5.65. The standard InChI is InChI=1S/C10H18N2O/c1-8-5-11-6-9(12-8)13-7-10(2,3)4/h5-6,9,12H,7H2,1-4H3. The first-order valence-electron chi connectivity index (χ1n) is 4.56. The number of hydrogen-bond donors (Lipinski definition) is 1. The lowest BCUT2D eigenvalue weighted by molar-refractivity contribution is 0.0336. The Morgan fingerprint density at radius 3 is 2.77 bits per heavy atom. The average molecular weight is 182 g/mol. The van der Waals surface area contributed by atoms with Gasteiger partial charge >= 0.3 is 0 Å². The fourth-order valence-corrected chi connectivity index (χ4v) is 0.956. The van der Waals surface area contributed by atoms with Crippen molar-refractivity contribution in [3.63, 3.8) is 0 Å². The number of rotatable bonds is 2. The van der Waals surface area contributed by atoms with Crippen LogP contribution in [0.4, 0.5) is 0 Å². The van der Waals surface area contributed by atoms with Crippen LogP contribution in [0.1, 0.15) is 27.7 Å². The summed E-state index contributed by atoms with van der Waals surface area (Å²) in [4.78, 5) is 4.07. The lowest BCUT2D eigenvalue weighted by Crippen LogP contribution is -2.36. The van der Waals surface area contributed by atoms with Gasteiger partial charge in [-0.15, -0.1) is 0 Å². The van der Waals surface area contributed by atoms with Crippen molar-refractivity contribution in [2.24, 2.45) is 10.4 Å². The summed E-state index contributed by atoms with van der Waals surface area (Å²) < 4.78 is 5.62. The molecule has 1 unspecified atom stereocenters. The Morgan fingerprint density at radius 2 is 2.23 bits per heavy atom. The maximum atomic E-state index is 5.62. The maximum Gasteiger partial charge on any atom is 0.164 e. The highest BCUT2D eigenvalue weighted by Gasteiger charge is 2.15. The third-order valence-corrected chi connectivity index (χ3v) is 1.56. The SMILES string of the molecule is CC1=CN=CC(OCC(C)(C)C)N1. The maximum absolute atomic E-state index is 5.62. The number of nitrogens with one attached hydrogen (secondary N) is 1. The zero-order valence-electron chi connectivity index (χ0n) is 8.79. The predicted molar refractivity (Wildman–Crippen MR) is 54.6 cm³/mol. The molecule has 0 aromatic carbocycles. The van der Waals surface area contributed by atoms with Gasteiger partial charge in [-0.05, 0) is 12.3 Å². The van der Waals surface area contributed by atoms with Crippen LogP contribution < -0.4 is 5.32 Å². The second-order valence-corrected chi connectivity index (χ2v) is 4.55. The Hall–Kier alpha value is -0.830. The Kier molecular flexibility index (Phi) is 3.09. The average Bonchev–Trinajstić information content (AvgIpc) is 2.00. The van der Waals surface area contributed by atoms with Crippen molar-refractivity contribution < 1.29 is 4.74 Å². The van der Waals surface area contributed by atoms with Crippen LogP contribution in [0.5, 0.6) is 0 Å². The van der Waals surface area contributed by atoms with Crippen molar-refractivity contribution in [1.82, 2.24) is 5.32 Å². The fourth-order valence-electron chi connectivity index (χ4n) is 0.956. The van der Waals surface area contributed by atoms with Gasteiger partial charge in [-0.25, -0.2) is 0 Å². The quantitative estimate of drug-likeness (QED) is 0.707. The Morgan fingerprint density at radius 1 is 1.54 bits per heavy atom. The molecule has 74 valence electrons. The molecule has 1 aliphatic heterocycles. The molecule has 0 saturated carbocycles. The van der Waals surface area contributed by atoms with E-state index < -0.39 is 0 Å². The summed E-state index contributed by atoms with van der Waals surface area (Å²) in [6.07, 6.45) is 3.50. The van der Waals surface area contributed by atoms with E-state index in [9.17, 15) is 0 Å². The lowest BCUT2D eigenvalue weighted by Gasteiger charge is -2.24. The van der Waals surface area contributed by atoms with Crippen LogP contribution in [-0.4, -0.2) is 19.0 Å². The molecule has 0 aromatic heterocycles. The van der Waals surface area contributed by atoms with E-state index in [1.807, 2.05) is 6.92 Å². The van der Waals surface area contributed by atoms with Gasteiger partial charge in [-0.3, -0.25) is 4.99 Å². The van der Waals surface area contributed by atoms with E-state index in [0.29, 0.717) is 0 Å². The highest BCUT2D eigenvalue weighted by atomic mass is 16.5. The van der Waals surface area contributed by atoms with Gasteiger partial charge in [0.25, 0.3) is 0 Å². The largest absolute Gasteiger partial charge is 0.358 e. The summed E-state index contributed by atoms with van der Waals surface area (Å²) in [7, 11) is 0. The smallest absolute Gasteiger partial charge is 0.164 e. The van der Waals surface area contributed by atoms with Crippen molar-refractivity contribution in [1.29, 1.82) is 0 Å². The van der Waals surface area contributed by atoms with Crippen LogP contribution in [-0.2, 0) is 4.74 Å². The first-order valence-corrected chi connectivity index (χ1v) is 4.56. The van der Waals surface area contributed by atoms with Gasteiger partial charge in [-0.1, -0.05) is 20.8 Å². The van der Waals surface area contributed by atoms with Crippen LogP contribution in [0.25, 0.3) is 0 Å². The van der Waals surface area contributed by atoms with Crippen molar-refractivity contribution >= 4 is 6.21 Å². The molecule has 0 aliphatic carbocycles. The molecular formula is C10H18N2O. The first-order chi connectivity index (χ1) is 5.97. The van der Waals surface area contributed by atoms with E-state index in [4.69, 9.17) is 4.74 Å². The molecule has 13 heavy (non-hydrogen) atoms. The molecule has 0 fully saturated rings. The molecule has 0 saturated heterocycles. The summed E-state index contributed by atoms with van der Waals surface area (Å²) in [5.41, 5.74) is 1.24. The number of allylic oxidation sites excluding steroid dienone is 1. The zero-order chi connectivity index (χ0) is 9.90. The van der Waals surface area contributed by atoms with E-state index in [1.165, 1.54) is 0 Å². The molecule has 0 spiro atoms. The van der Waals surface area contributed by atoms with E-state index in [1.54, 1.807) is 12.4 Å². The van der Waals surface area contributed by atoms with Crippen molar-refractivity contribution in [2.75, 3.05) is 6.61 Å². The van der Waals surface area contributed by atoms with Gasteiger partial charge in [-0.2, -0.15) is 0 Å². The Labute approximate surface area is 79.9 Å². The molecular weight excluding hydrogens is 164 g/mol. The van der Waals surface area contributed by atoms with Crippen LogP contribution >= 0.6 is 0 Å². The predicted octanol–water partition coefficient (Wildman–Crippen LogP) is 1.91. The third-order valence-electron chi connectivity index (χ3n) is 1.56. The molecule has 3 heteroatoms. The molecule has 0 amide bonds. The topological polar surface area (TPSA) is 33.6 Å². The minimum atomic E-state index is -0.0655. The molecule has 0 radical (unpaired) electrons. The zero-order valence-corrected chi connectivity index (χ0v) is 8.79. The van der Waals surface area contributed by atoms with Crippen molar-refractivity contribution in [3.05, 3.63) is 11.9 Å². The molecule has 3 nitrogen and oxygen atoms in total. The lowest BCUT2D eigenvalue weighted by atomic mass is 9.99. The highest BCUT2D eigenvalue weighted by Crippen LogP contribution is 2.14. The molecule has 1 aliphatic rings. The van der Waals surface area contributed by atoms with Crippen molar-refractivity contribution in [2.45, 2.75) is 33.9 Å². The summed E-state index contributed by atoms with van der Waals surface area (Å²) in [5.74, 6) is 0. The van der Waals surface area contributed by atoms with Crippen LogP contribution in [0, 0.1) is 5.41 Å². The van der Waals surface area contributed by atoms with Gasteiger partial charge < -0.3 is 10.1 Å². The van der Waals surface area contributed by atoms with Gasteiger partial charge in [0.05, 0.1) is 12.8 Å². The van der Waals surface area contributed by atoms with Crippen LogP contribution in [0.15, 0.2) is 16.9 Å². The fraction of sp³-hybridized carbons (Fsp3) is 0.700. The molecule has 1 atom stereocenters. The molecule has 1 N–H and O–H groups in total. The minimum absolute atomic E-state index is 0.0655. The minimum Gasteiger partial charge on any atom is -0.358 e. The number of ether oxygens (including phenoxy) is 1. The summed E-state index contributed by atoms with van der Waals surface area (Å²) in [6.45, 7) is 9.15. The van der Waals surface area contributed by atoms with Crippen molar-refractivity contribution in [3.8, 4) is 0 Å². The third kappa shape index (κ3) is 4.08. The van der Waals surface area contributed by atoms with E-state index in [2.05, 4.69) is 31.1 Å².